The number of hydrogen-bond donors (Lipinski definition) is 2. The van der Waals surface area contributed by atoms with Gasteiger partial charge in [0, 0.05) is 37.9 Å². The molecule has 0 bridgehead atoms. The van der Waals surface area contributed by atoms with Crippen molar-refractivity contribution in [1.29, 1.82) is 5.26 Å². The van der Waals surface area contributed by atoms with Gasteiger partial charge >= 0.3 is 0 Å². The molecular formula is C30H27F2N5O4Si. The maximum absolute atomic E-state index is 15.1. The third-order valence-corrected chi connectivity index (χ3v) is 7.73. The Balaban J connectivity index is 1.42. The van der Waals surface area contributed by atoms with E-state index in [-0.39, 0.29) is 46.9 Å². The van der Waals surface area contributed by atoms with E-state index in [4.69, 9.17) is 9.84 Å². The van der Waals surface area contributed by atoms with Gasteiger partial charge in [-0.3, -0.25) is 14.3 Å². The molecule has 0 aliphatic carbocycles. The summed E-state index contributed by atoms with van der Waals surface area (Å²) in [4.78, 5) is 28.7. The molecule has 0 unspecified atom stereocenters. The molecule has 1 aliphatic heterocycles. The summed E-state index contributed by atoms with van der Waals surface area (Å²) < 4.78 is 37.1. The predicted octanol–water partition coefficient (Wildman–Crippen LogP) is 3.26. The Bertz CT molecular complexity index is 1680. The fraction of sp³-hybridized carbons (Fsp3) is 0.200. The van der Waals surface area contributed by atoms with Gasteiger partial charge in [-0.1, -0.05) is 42.5 Å². The van der Waals surface area contributed by atoms with Crippen molar-refractivity contribution in [2.24, 2.45) is 0 Å². The van der Waals surface area contributed by atoms with Gasteiger partial charge in [-0.05, 0) is 37.3 Å². The van der Waals surface area contributed by atoms with Crippen LogP contribution in [0.25, 0.3) is 0 Å². The minimum Gasteiger partial charge on any atom is -0.490 e. The van der Waals surface area contributed by atoms with E-state index < -0.39 is 22.9 Å². The molecule has 12 heteroatoms. The Hall–Kier alpha value is -4.86. The van der Waals surface area contributed by atoms with Crippen LogP contribution in [0.5, 0.6) is 5.75 Å². The van der Waals surface area contributed by atoms with E-state index in [1.807, 2.05) is 13.0 Å². The molecule has 0 saturated carbocycles. The van der Waals surface area contributed by atoms with E-state index in [2.05, 4.69) is 10.4 Å². The molecule has 0 spiro atoms. The van der Waals surface area contributed by atoms with Crippen molar-refractivity contribution in [3.63, 3.8) is 0 Å². The molecular weight excluding hydrogens is 560 g/mol. The number of benzene rings is 3. The van der Waals surface area contributed by atoms with Gasteiger partial charge < -0.3 is 20.1 Å². The van der Waals surface area contributed by atoms with Crippen LogP contribution in [0.15, 0.2) is 79.0 Å². The van der Waals surface area contributed by atoms with Crippen molar-refractivity contribution in [2.45, 2.75) is 24.6 Å². The zero-order chi connectivity index (χ0) is 30.1. The highest BCUT2D eigenvalue weighted by atomic mass is 28.1. The van der Waals surface area contributed by atoms with Gasteiger partial charge in [0.1, 0.15) is 24.1 Å². The smallest absolute Gasteiger partial charge is 0.298 e. The highest BCUT2D eigenvalue weighted by molar-refractivity contribution is 6.25. The van der Waals surface area contributed by atoms with Crippen molar-refractivity contribution in [2.75, 3.05) is 23.4 Å². The lowest BCUT2D eigenvalue weighted by atomic mass is 9.99. The van der Waals surface area contributed by atoms with Gasteiger partial charge in [0.25, 0.3) is 17.7 Å². The first-order chi connectivity index (χ1) is 20.1. The van der Waals surface area contributed by atoms with Crippen molar-refractivity contribution in [3.05, 3.63) is 107 Å². The fourth-order valence-corrected chi connectivity index (χ4v) is 5.75. The quantitative estimate of drug-likeness (QED) is 0.306. The first kappa shape index (κ1) is 28.7. The van der Waals surface area contributed by atoms with Crippen LogP contribution >= 0.6 is 0 Å². The second-order valence-corrected chi connectivity index (χ2v) is 12.5. The molecule has 3 aromatic carbocycles. The van der Waals surface area contributed by atoms with Gasteiger partial charge in [-0.25, -0.2) is 0 Å². The Labute approximate surface area is 243 Å². The number of hydrogen-bond acceptors (Lipinski definition) is 6. The van der Waals surface area contributed by atoms with E-state index in [0.29, 0.717) is 28.2 Å². The van der Waals surface area contributed by atoms with Gasteiger partial charge in [0.15, 0.2) is 0 Å². The van der Waals surface area contributed by atoms with Gasteiger partial charge in [0.05, 0.1) is 30.5 Å². The topological polar surface area (TPSA) is 120 Å². The number of ether oxygens (including phenoxy) is 1. The molecule has 0 saturated heterocycles. The number of aliphatic hydroxyl groups excluding tert-OH is 1. The van der Waals surface area contributed by atoms with Crippen molar-refractivity contribution < 1.29 is 28.2 Å². The van der Waals surface area contributed by atoms with Crippen molar-refractivity contribution in [3.8, 4) is 11.8 Å². The Morgan fingerprint density at radius 2 is 1.86 bits per heavy atom. The summed E-state index contributed by atoms with van der Waals surface area (Å²) in [5.41, 5.74) is 0.668. The summed E-state index contributed by atoms with van der Waals surface area (Å²) in [5, 5.41) is 24.8. The van der Waals surface area contributed by atoms with Crippen LogP contribution in [0.3, 0.4) is 0 Å². The van der Waals surface area contributed by atoms with E-state index in [0.717, 1.165) is 0 Å². The van der Waals surface area contributed by atoms with Crippen LogP contribution in [0, 0.1) is 11.3 Å². The number of fused-ring (bicyclic) bond motifs is 1. The first-order valence-corrected chi connectivity index (χ1v) is 14.1. The number of nitrogens with zero attached hydrogens (tertiary/aromatic N) is 4. The normalized spacial score (nSPS) is 16.5. The molecule has 1 atom stereocenters. The van der Waals surface area contributed by atoms with Crippen molar-refractivity contribution in [1.82, 2.24) is 9.78 Å². The number of nitriles is 1. The fourth-order valence-electron chi connectivity index (χ4n) is 4.99. The average Bonchev–Trinajstić information content (AvgIpc) is 3.40. The molecule has 5 rings (SSSR count). The number of nitrogens with one attached hydrogen (secondary N) is 1. The zero-order valence-electron chi connectivity index (χ0n) is 22.8. The lowest BCUT2D eigenvalue weighted by molar-refractivity contribution is 0.0428. The predicted molar refractivity (Wildman–Crippen MR) is 155 cm³/mol. The third-order valence-electron chi connectivity index (χ3n) is 6.96. The second kappa shape index (κ2) is 11.2. The summed E-state index contributed by atoms with van der Waals surface area (Å²) in [6.07, 6.45) is 1.32. The molecule has 4 aromatic rings. The number of carbonyl (C=O) groups is 2. The summed E-state index contributed by atoms with van der Waals surface area (Å²) in [5.74, 6) is -4.03. The minimum absolute atomic E-state index is 0.0128. The third kappa shape index (κ3) is 5.27. The van der Waals surface area contributed by atoms with Gasteiger partial charge in [-0.15, -0.1) is 0 Å². The Morgan fingerprint density at radius 3 is 2.52 bits per heavy atom. The molecule has 2 amide bonds. The van der Waals surface area contributed by atoms with E-state index in [9.17, 15) is 14.9 Å². The average molecular weight is 588 g/mol. The molecule has 1 aromatic heterocycles. The Kier molecular flexibility index (Phi) is 7.64. The second-order valence-electron chi connectivity index (χ2n) is 10.4. The summed E-state index contributed by atoms with van der Waals surface area (Å²) >= 11 is 0. The SMILES string of the molecule is C[C@]1([SiH3])Cn2ncc(C(=O)Nc3ccc(OCCO)c(C#N)c3)c2C(=O)N1c1ccc(C(F)(F)c2ccccc2)cc1. The standard InChI is InChI=1S/C30H27F2N5O4Si/c1-29(42)18-36-26(24(17-34-36)27(39)35-22-9-12-25(41-14-13-38)19(15-22)16-33)28(40)37(29)23-10-7-21(8-11-23)30(31,32)20-5-3-2-4-6-20/h2-12,15,17,38H,13-14,18H2,1,42H3,(H,35,39)/t29-/m0/s1. The van der Waals surface area contributed by atoms with Crippen LogP contribution in [0.2, 0.25) is 0 Å². The van der Waals surface area contributed by atoms with E-state index in [1.165, 1.54) is 65.5 Å². The van der Waals surface area contributed by atoms with Crippen LogP contribution < -0.4 is 15.0 Å². The Morgan fingerprint density at radius 1 is 1.17 bits per heavy atom. The molecule has 214 valence electrons. The van der Waals surface area contributed by atoms with E-state index >= 15 is 8.78 Å². The lowest BCUT2D eigenvalue weighted by Crippen LogP contribution is -2.58. The maximum atomic E-state index is 15.1. The minimum atomic E-state index is -3.21. The van der Waals surface area contributed by atoms with Gasteiger partial charge in [0.2, 0.25) is 0 Å². The van der Waals surface area contributed by atoms with Crippen LogP contribution in [0.1, 0.15) is 44.5 Å². The lowest BCUT2D eigenvalue weighted by Gasteiger charge is -2.42. The molecule has 42 heavy (non-hydrogen) atoms. The number of amides is 2. The zero-order valence-corrected chi connectivity index (χ0v) is 24.8. The molecule has 2 N–H and O–H groups in total. The molecule has 9 nitrogen and oxygen atoms in total. The summed E-state index contributed by atoms with van der Waals surface area (Å²) in [6, 6.07) is 19.6. The number of aliphatic hydroxyl groups is 1. The van der Waals surface area contributed by atoms with Gasteiger partial charge in [-0.2, -0.15) is 19.1 Å². The number of anilines is 2. The largest absolute Gasteiger partial charge is 0.490 e. The number of rotatable bonds is 8. The molecule has 0 fully saturated rings. The molecule has 2 heterocycles. The van der Waals surface area contributed by atoms with E-state index in [1.54, 1.807) is 23.1 Å². The number of carbonyl (C=O) groups excluding carboxylic acids is 2. The molecule has 0 radical (unpaired) electrons. The first-order valence-electron chi connectivity index (χ1n) is 13.1. The van der Waals surface area contributed by atoms with Crippen LogP contribution in [-0.4, -0.2) is 55.3 Å². The summed E-state index contributed by atoms with van der Waals surface area (Å²) in [7, 11) is 0.526. The van der Waals surface area contributed by atoms with Crippen LogP contribution in [-0.2, 0) is 12.5 Å². The summed E-state index contributed by atoms with van der Waals surface area (Å²) in [6.45, 7) is 1.99. The maximum Gasteiger partial charge on any atom is 0.298 e. The molecule has 1 aliphatic rings. The number of aromatic nitrogens is 2. The highest BCUT2D eigenvalue weighted by Gasteiger charge is 2.42. The highest BCUT2D eigenvalue weighted by Crippen LogP contribution is 2.38. The number of halogens is 2. The monoisotopic (exact) mass is 587 g/mol. The van der Waals surface area contributed by atoms with Crippen molar-refractivity contribution >= 4 is 33.4 Å². The number of alkyl halides is 2. The van der Waals surface area contributed by atoms with Crippen LogP contribution in [0.4, 0.5) is 20.2 Å².